The van der Waals surface area contributed by atoms with Gasteiger partial charge >= 0.3 is 0 Å². The topological polar surface area (TPSA) is 44.3 Å². The largest absolute Gasteiger partial charge is 0.395 e. The number of hydrogen-bond acceptors (Lipinski definition) is 3. The predicted octanol–water partition coefficient (Wildman–Crippen LogP) is 2.07. The Morgan fingerprint density at radius 2 is 2.11 bits per heavy atom. The summed E-state index contributed by atoms with van der Waals surface area (Å²) in [5.41, 5.74) is 4.00. The van der Waals surface area contributed by atoms with E-state index in [1.54, 1.807) is 18.2 Å². The van der Waals surface area contributed by atoms with E-state index in [-0.39, 0.29) is 18.5 Å². The molecule has 0 fully saturated rings. The zero-order chi connectivity index (χ0) is 13.4. The number of aliphatic hydroxyl groups excluding tert-OH is 1. The summed E-state index contributed by atoms with van der Waals surface area (Å²) in [4.78, 5) is 0. The number of halogens is 1. The molecular formula is C14H19FN2O. The van der Waals surface area contributed by atoms with Crippen molar-refractivity contribution in [3.8, 4) is 0 Å². The highest BCUT2D eigenvalue weighted by Gasteiger charge is 2.06. The van der Waals surface area contributed by atoms with E-state index in [1.807, 2.05) is 13.8 Å². The summed E-state index contributed by atoms with van der Waals surface area (Å²) in [6.07, 6.45) is 1.78. The van der Waals surface area contributed by atoms with E-state index < -0.39 is 0 Å². The lowest BCUT2D eigenvalue weighted by Gasteiger charge is -2.17. The molecule has 18 heavy (non-hydrogen) atoms. The second-order valence-corrected chi connectivity index (χ2v) is 3.88. The molecule has 1 rings (SSSR count). The number of hydrogen-bond donors (Lipinski definition) is 3. The van der Waals surface area contributed by atoms with Gasteiger partial charge in [-0.1, -0.05) is 17.9 Å². The minimum absolute atomic E-state index is 0.0271. The van der Waals surface area contributed by atoms with Gasteiger partial charge in [-0.05, 0) is 37.6 Å². The summed E-state index contributed by atoms with van der Waals surface area (Å²) in [6.45, 7) is 4.36. The molecule has 98 valence electrons. The normalized spacial score (nSPS) is 11.3. The van der Waals surface area contributed by atoms with Gasteiger partial charge in [-0.15, -0.1) is 0 Å². The van der Waals surface area contributed by atoms with Crippen molar-refractivity contribution in [3.05, 3.63) is 53.3 Å². The average molecular weight is 250 g/mol. The molecule has 4 heteroatoms. The van der Waals surface area contributed by atoms with Gasteiger partial charge in [-0.3, -0.25) is 0 Å². The standard InChI is InChI=1S/C14H19FN2O/c1-3-4-14(16-9-10-18)17-11(2)12-5-7-13(15)8-6-12/h3,5-8,11,16-18H,9-10H2,1-2H3. The number of nitrogens with one attached hydrogen (secondary N) is 2. The van der Waals surface area contributed by atoms with Gasteiger partial charge in [0.15, 0.2) is 0 Å². The zero-order valence-corrected chi connectivity index (χ0v) is 10.7. The first-order valence-corrected chi connectivity index (χ1v) is 5.95. The monoisotopic (exact) mass is 250 g/mol. The molecule has 1 unspecified atom stereocenters. The molecule has 0 aliphatic rings. The van der Waals surface area contributed by atoms with Crippen LogP contribution in [-0.4, -0.2) is 18.3 Å². The highest BCUT2D eigenvalue weighted by molar-refractivity contribution is 5.20. The average Bonchev–Trinajstić information content (AvgIpc) is 2.37. The van der Waals surface area contributed by atoms with E-state index in [0.29, 0.717) is 12.4 Å². The van der Waals surface area contributed by atoms with Crippen molar-refractivity contribution in [1.82, 2.24) is 10.6 Å². The van der Waals surface area contributed by atoms with E-state index in [9.17, 15) is 4.39 Å². The fourth-order valence-corrected chi connectivity index (χ4v) is 1.52. The molecule has 0 radical (unpaired) electrons. The van der Waals surface area contributed by atoms with Crippen LogP contribution < -0.4 is 10.6 Å². The van der Waals surface area contributed by atoms with Gasteiger partial charge in [0.2, 0.25) is 0 Å². The summed E-state index contributed by atoms with van der Waals surface area (Å²) in [5, 5.41) is 15.0. The molecule has 0 spiro atoms. The predicted molar refractivity (Wildman–Crippen MR) is 70.3 cm³/mol. The molecule has 1 aromatic carbocycles. The third kappa shape index (κ3) is 4.62. The van der Waals surface area contributed by atoms with Crippen molar-refractivity contribution in [2.24, 2.45) is 0 Å². The summed E-state index contributed by atoms with van der Waals surface area (Å²) >= 11 is 0. The molecule has 0 heterocycles. The second-order valence-electron chi connectivity index (χ2n) is 3.88. The third-order valence-corrected chi connectivity index (χ3v) is 2.43. The lowest BCUT2D eigenvalue weighted by molar-refractivity contribution is 0.295. The lowest BCUT2D eigenvalue weighted by atomic mass is 10.1. The molecule has 0 aromatic heterocycles. The molecule has 0 aliphatic carbocycles. The SMILES string of the molecule is CC=C=C(NCCO)NC(C)c1ccc(F)cc1. The maximum Gasteiger partial charge on any atom is 0.144 e. The maximum absolute atomic E-state index is 12.8. The smallest absolute Gasteiger partial charge is 0.144 e. The molecular weight excluding hydrogens is 231 g/mol. The maximum atomic E-state index is 12.8. The van der Waals surface area contributed by atoms with E-state index >= 15 is 0 Å². The number of rotatable bonds is 6. The molecule has 1 aromatic rings. The van der Waals surface area contributed by atoms with Crippen molar-refractivity contribution in [2.75, 3.05) is 13.2 Å². The first-order chi connectivity index (χ1) is 8.67. The lowest BCUT2D eigenvalue weighted by Crippen LogP contribution is -2.29. The van der Waals surface area contributed by atoms with Crippen molar-refractivity contribution < 1.29 is 9.50 Å². The Morgan fingerprint density at radius 3 is 2.67 bits per heavy atom. The van der Waals surface area contributed by atoms with Crippen molar-refractivity contribution in [2.45, 2.75) is 19.9 Å². The van der Waals surface area contributed by atoms with Gasteiger partial charge in [0.05, 0.1) is 12.6 Å². The van der Waals surface area contributed by atoms with Crippen LogP contribution in [0.1, 0.15) is 25.5 Å². The molecule has 0 aliphatic heterocycles. The van der Waals surface area contributed by atoms with E-state index in [4.69, 9.17) is 5.11 Å². The Hall–Kier alpha value is -1.77. The van der Waals surface area contributed by atoms with Gasteiger partial charge in [0.25, 0.3) is 0 Å². The molecule has 1 atom stereocenters. The van der Waals surface area contributed by atoms with Crippen LogP contribution in [0.2, 0.25) is 0 Å². The van der Waals surface area contributed by atoms with Crippen LogP contribution in [0.25, 0.3) is 0 Å². The summed E-state index contributed by atoms with van der Waals surface area (Å²) < 4.78 is 12.8. The number of benzene rings is 1. The first kappa shape index (κ1) is 14.3. The van der Waals surface area contributed by atoms with Crippen molar-refractivity contribution in [3.63, 3.8) is 0 Å². The molecule has 3 N–H and O–H groups in total. The Labute approximate surface area is 107 Å². The van der Waals surface area contributed by atoms with Crippen LogP contribution >= 0.6 is 0 Å². The van der Waals surface area contributed by atoms with Crippen molar-refractivity contribution >= 4 is 0 Å². The van der Waals surface area contributed by atoms with E-state index in [1.165, 1.54) is 12.1 Å². The minimum Gasteiger partial charge on any atom is -0.395 e. The quantitative estimate of drug-likeness (QED) is 0.677. The highest BCUT2D eigenvalue weighted by atomic mass is 19.1. The number of aliphatic hydroxyl groups is 1. The third-order valence-electron chi connectivity index (χ3n) is 2.43. The Balaban J connectivity index is 2.69. The van der Waals surface area contributed by atoms with E-state index in [0.717, 1.165) is 5.56 Å². The van der Waals surface area contributed by atoms with Gasteiger partial charge in [-0.2, -0.15) is 0 Å². The van der Waals surface area contributed by atoms with Crippen LogP contribution in [0.4, 0.5) is 4.39 Å². The molecule has 0 saturated heterocycles. The molecule has 0 amide bonds. The van der Waals surface area contributed by atoms with Crippen LogP contribution in [-0.2, 0) is 0 Å². The summed E-state index contributed by atoms with van der Waals surface area (Å²) in [6, 6.07) is 6.39. The van der Waals surface area contributed by atoms with Gasteiger partial charge < -0.3 is 15.7 Å². The fourth-order valence-electron chi connectivity index (χ4n) is 1.52. The zero-order valence-electron chi connectivity index (χ0n) is 10.7. The fraction of sp³-hybridized carbons (Fsp3) is 0.357. The summed E-state index contributed by atoms with van der Waals surface area (Å²) in [7, 11) is 0. The van der Waals surface area contributed by atoms with Gasteiger partial charge in [0, 0.05) is 6.54 Å². The van der Waals surface area contributed by atoms with Crippen LogP contribution in [0, 0.1) is 5.82 Å². The Morgan fingerprint density at radius 1 is 1.44 bits per heavy atom. The molecule has 0 saturated carbocycles. The van der Waals surface area contributed by atoms with Gasteiger partial charge in [0.1, 0.15) is 11.6 Å². The van der Waals surface area contributed by atoms with Gasteiger partial charge in [-0.25, -0.2) is 4.39 Å². The van der Waals surface area contributed by atoms with Crippen LogP contribution in [0.5, 0.6) is 0 Å². The molecule has 0 bridgehead atoms. The molecule has 3 nitrogen and oxygen atoms in total. The van der Waals surface area contributed by atoms with E-state index in [2.05, 4.69) is 16.4 Å². The van der Waals surface area contributed by atoms with Crippen LogP contribution in [0.3, 0.4) is 0 Å². The van der Waals surface area contributed by atoms with Crippen LogP contribution in [0.15, 0.2) is 41.9 Å². The Bertz CT molecular complexity index is 422. The second kappa shape index (κ2) is 7.54. The number of allylic oxidation sites excluding steroid dienone is 1. The minimum atomic E-state index is -0.242. The first-order valence-electron chi connectivity index (χ1n) is 5.95. The Kier molecular flexibility index (Phi) is 5.98. The highest BCUT2D eigenvalue weighted by Crippen LogP contribution is 2.13. The summed E-state index contributed by atoms with van der Waals surface area (Å²) in [5.74, 6) is 0.469. The van der Waals surface area contributed by atoms with Crippen molar-refractivity contribution in [1.29, 1.82) is 0 Å².